The molecule has 0 aliphatic rings. The molecular weight excluding hydrogens is 240 g/mol. The molecule has 1 aromatic rings. The standard InChI is InChI=1S/C14H24N4O/c1-5-11(4)18-14(19)12-8-13(17-9-16-12)15-7-6-10(2)3/h8-11H,5-7H2,1-4H3,(H,18,19)(H,15,16,17). The summed E-state index contributed by atoms with van der Waals surface area (Å²) in [5.41, 5.74) is 0.405. The zero-order valence-corrected chi connectivity index (χ0v) is 12.2. The van der Waals surface area contributed by atoms with E-state index in [-0.39, 0.29) is 11.9 Å². The van der Waals surface area contributed by atoms with Gasteiger partial charge in [-0.1, -0.05) is 20.8 Å². The summed E-state index contributed by atoms with van der Waals surface area (Å²) in [6, 6.07) is 1.85. The highest BCUT2D eigenvalue weighted by Gasteiger charge is 2.10. The van der Waals surface area contributed by atoms with Gasteiger partial charge in [-0.15, -0.1) is 0 Å². The first-order valence-electron chi connectivity index (χ1n) is 6.89. The lowest BCUT2D eigenvalue weighted by Crippen LogP contribution is -2.32. The second-order valence-electron chi connectivity index (χ2n) is 5.18. The predicted octanol–water partition coefficient (Wildman–Crippen LogP) is 2.46. The lowest BCUT2D eigenvalue weighted by atomic mass is 10.1. The molecule has 1 aromatic heterocycles. The van der Waals surface area contributed by atoms with Crippen LogP contribution in [0.1, 0.15) is 51.0 Å². The van der Waals surface area contributed by atoms with Crippen LogP contribution >= 0.6 is 0 Å². The number of nitrogens with one attached hydrogen (secondary N) is 2. The van der Waals surface area contributed by atoms with E-state index >= 15 is 0 Å². The second-order valence-corrected chi connectivity index (χ2v) is 5.18. The van der Waals surface area contributed by atoms with Crippen molar-refractivity contribution in [3.63, 3.8) is 0 Å². The molecular formula is C14H24N4O. The van der Waals surface area contributed by atoms with Gasteiger partial charge in [0, 0.05) is 18.7 Å². The minimum Gasteiger partial charge on any atom is -0.370 e. The smallest absolute Gasteiger partial charge is 0.270 e. The van der Waals surface area contributed by atoms with Gasteiger partial charge in [0.2, 0.25) is 0 Å². The first kappa shape index (κ1) is 15.4. The van der Waals surface area contributed by atoms with Crippen molar-refractivity contribution in [2.45, 2.75) is 46.6 Å². The summed E-state index contributed by atoms with van der Waals surface area (Å²) in [5.74, 6) is 1.19. The number of anilines is 1. The Kier molecular flexibility index (Phi) is 6.25. The first-order chi connectivity index (χ1) is 9.02. The number of nitrogens with zero attached hydrogens (tertiary/aromatic N) is 2. The number of amides is 1. The second kappa shape index (κ2) is 7.71. The highest BCUT2D eigenvalue weighted by Crippen LogP contribution is 2.06. The SMILES string of the molecule is CCC(C)NC(=O)c1cc(NCCC(C)C)ncn1. The number of carbonyl (C=O) groups excluding carboxylic acids is 1. The van der Waals surface area contributed by atoms with Gasteiger partial charge >= 0.3 is 0 Å². The Morgan fingerprint density at radius 1 is 1.32 bits per heavy atom. The van der Waals surface area contributed by atoms with Crippen LogP contribution in [0.15, 0.2) is 12.4 Å². The molecule has 0 saturated heterocycles. The minimum absolute atomic E-state index is 0.149. The quantitative estimate of drug-likeness (QED) is 0.794. The molecule has 5 nitrogen and oxygen atoms in total. The molecule has 19 heavy (non-hydrogen) atoms. The molecule has 5 heteroatoms. The van der Waals surface area contributed by atoms with E-state index in [1.807, 2.05) is 13.8 Å². The van der Waals surface area contributed by atoms with E-state index in [4.69, 9.17) is 0 Å². The summed E-state index contributed by atoms with van der Waals surface area (Å²) in [6.07, 6.45) is 3.39. The Morgan fingerprint density at radius 3 is 2.68 bits per heavy atom. The van der Waals surface area contributed by atoms with Crippen LogP contribution < -0.4 is 10.6 Å². The maximum Gasteiger partial charge on any atom is 0.270 e. The fourth-order valence-electron chi connectivity index (χ4n) is 1.47. The van der Waals surface area contributed by atoms with Crippen LogP contribution in [0.4, 0.5) is 5.82 Å². The fraction of sp³-hybridized carbons (Fsp3) is 0.643. The van der Waals surface area contributed by atoms with Gasteiger partial charge in [-0.3, -0.25) is 4.79 Å². The molecule has 0 saturated carbocycles. The van der Waals surface area contributed by atoms with E-state index in [9.17, 15) is 4.79 Å². The lowest BCUT2D eigenvalue weighted by molar-refractivity contribution is 0.0934. The van der Waals surface area contributed by atoms with Gasteiger partial charge < -0.3 is 10.6 Å². The van der Waals surface area contributed by atoms with Gasteiger partial charge in [0.25, 0.3) is 5.91 Å². The van der Waals surface area contributed by atoms with Crippen LogP contribution in [0.25, 0.3) is 0 Å². The molecule has 1 unspecified atom stereocenters. The molecule has 0 radical (unpaired) electrons. The molecule has 1 rings (SSSR count). The van der Waals surface area contributed by atoms with Gasteiger partial charge in [0.05, 0.1) is 0 Å². The Morgan fingerprint density at radius 2 is 2.05 bits per heavy atom. The normalized spacial score (nSPS) is 12.3. The Hall–Kier alpha value is -1.65. The van der Waals surface area contributed by atoms with Crippen molar-refractivity contribution in [3.05, 3.63) is 18.1 Å². The van der Waals surface area contributed by atoms with Crippen molar-refractivity contribution < 1.29 is 4.79 Å². The molecule has 1 amide bonds. The van der Waals surface area contributed by atoms with Crippen molar-refractivity contribution in [3.8, 4) is 0 Å². The zero-order chi connectivity index (χ0) is 14.3. The lowest BCUT2D eigenvalue weighted by Gasteiger charge is -2.11. The third kappa shape index (κ3) is 5.68. The van der Waals surface area contributed by atoms with Gasteiger partial charge in [0.1, 0.15) is 17.8 Å². The Balaban J connectivity index is 2.58. The summed E-state index contributed by atoms with van der Waals surface area (Å²) in [6.45, 7) is 9.20. The van der Waals surface area contributed by atoms with Crippen molar-refractivity contribution >= 4 is 11.7 Å². The summed E-state index contributed by atoms with van der Waals surface area (Å²) < 4.78 is 0. The maximum absolute atomic E-state index is 11.9. The van der Waals surface area contributed by atoms with Crippen molar-refractivity contribution in [1.82, 2.24) is 15.3 Å². The zero-order valence-electron chi connectivity index (χ0n) is 12.2. The molecule has 0 aliphatic heterocycles. The predicted molar refractivity (Wildman–Crippen MR) is 77.2 cm³/mol. The van der Waals surface area contributed by atoms with Crippen molar-refractivity contribution in [2.24, 2.45) is 5.92 Å². The molecule has 0 aromatic carbocycles. The molecule has 0 spiro atoms. The summed E-state index contributed by atoms with van der Waals surface area (Å²) in [7, 11) is 0. The van der Waals surface area contributed by atoms with Crippen LogP contribution in [-0.2, 0) is 0 Å². The van der Waals surface area contributed by atoms with Crippen LogP contribution in [-0.4, -0.2) is 28.5 Å². The molecule has 0 aliphatic carbocycles. The average molecular weight is 264 g/mol. The third-order valence-corrected chi connectivity index (χ3v) is 2.92. The van der Waals surface area contributed by atoms with E-state index in [0.29, 0.717) is 17.4 Å². The van der Waals surface area contributed by atoms with Crippen LogP contribution in [0, 0.1) is 5.92 Å². The third-order valence-electron chi connectivity index (χ3n) is 2.92. The number of rotatable bonds is 7. The number of hydrogen-bond donors (Lipinski definition) is 2. The minimum atomic E-state index is -0.149. The molecule has 106 valence electrons. The van der Waals surface area contributed by atoms with E-state index < -0.39 is 0 Å². The highest BCUT2D eigenvalue weighted by atomic mass is 16.1. The van der Waals surface area contributed by atoms with Crippen molar-refractivity contribution in [2.75, 3.05) is 11.9 Å². The van der Waals surface area contributed by atoms with Gasteiger partial charge in [-0.05, 0) is 25.7 Å². The average Bonchev–Trinajstić information content (AvgIpc) is 2.38. The van der Waals surface area contributed by atoms with Crippen LogP contribution in [0.3, 0.4) is 0 Å². The number of aromatic nitrogens is 2. The van der Waals surface area contributed by atoms with Crippen LogP contribution in [0.5, 0.6) is 0 Å². The van der Waals surface area contributed by atoms with Crippen LogP contribution in [0.2, 0.25) is 0 Å². The largest absolute Gasteiger partial charge is 0.370 e. The van der Waals surface area contributed by atoms with Gasteiger partial charge in [0.15, 0.2) is 0 Å². The Labute approximate surface area is 115 Å². The molecule has 0 bridgehead atoms. The van der Waals surface area contributed by atoms with E-state index in [1.54, 1.807) is 6.07 Å². The summed E-state index contributed by atoms with van der Waals surface area (Å²) in [5, 5.41) is 6.10. The van der Waals surface area contributed by atoms with Gasteiger partial charge in [-0.2, -0.15) is 0 Å². The van der Waals surface area contributed by atoms with Crippen molar-refractivity contribution in [1.29, 1.82) is 0 Å². The number of hydrogen-bond acceptors (Lipinski definition) is 4. The van der Waals surface area contributed by atoms with Gasteiger partial charge in [-0.25, -0.2) is 9.97 Å². The maximum atomic E-state index is 11.9. The Bertz CT molecular complexity index is 406. The van der Waals surface area contributed by atoms with E-state index in [2.05, 4.69) is 34.4 Å². The molecule has 1 heterocycles. The van der Waals surface area contributed by atoms with E-state index in [1.165, 1.54) is 6.33 Å². The highest BCUT2D eigenvalue weighted by molar-refractivity contribution is 5.92. The molecule has 1 atom stereocenters. The number of carbonyl (C=O) groups is 1. The monoisotopic (exact) mass is 264 g/mol. The summed E-state index contributed by atoms with van der Waals surface area (Å²) >= 11 is 0. The topological polar surface area (TPSA) is 66.9 Å². The molecule has 2 N–H and O–H groups in total. The summed E-state index contributed by atoms with van der Waals surface area (Å²) in [4.78, 5) is 20.0. The first-order valence-corrected chi connectivity index (χ1v) is 6.89. The van der Waals surface area contributed by atoms with E-state index in [0.717, 1.165) is 19.4 Å². The fourth-order valence-corrected chi connectivity index (χ4v) is 1.47. The molecule has 0 fully saturated rings.